The Morgan fingerprint density at radius 3 is 2.43 bits per heavy atom. The minimum Gasteiger partial charge on any atom is -0.324 e. The standard InChI is InChI=1S/C22H21FN4O3/c1-3-20(28)25-19-12-18(15-9-7-14(2)8-10-15)26-27(22(19)30)13-21(29)24-17-6-4-5-16(23)11-17/h4-12H,3,13H2,1-2H3,(H,24,29)(H,25,28). The fourth-order valence-corrected chi connectivity index (χ4v) is 2.75. The third-order valence-corrected chi connectivity index (χ3v) is 4.32. The number of aromatic nitrogens is 2. The Morgan fingerprint density at radius 2 is 1.77 bits per heavy atom. The van der Waals surface area contributed by atoms with E-state index in [1.165, 1.54) is 30.3 Å². The van der Waals surface area contributed by atoms with Crippen LogP contribution < -0.4 is 16.2 Å². The lowest BCUT2D eigenvalue weighted by Crippen LogP contribution is -2.32. The zero-order chi connectivity index (χ0) is 21.7. The van der Waals surface area contributed by atoms with E-state index in [0.717, 1.165) is 15.8 Å². The SMILES string of the molecule is CCC(=O)Nc1cc(-c2ccc(C)cc2)nn(CC(=O)Nc2cccc(F)c2)c1=O. The van der Waals surface area contributed by atoms with Crippen molar-refractivity contribution in [2.24, 2.45) is 0 Å². The van der Waals surface area contributed by atoms with Gasteiger partial charge in [0, 0.05) is 17.7 Å². The summed E-state index contributed by atoms with van der Waals surface area (Å²) in [6.45, 7) is 3.22. The first-order valence-electron chi connectivity index (χ1n) is 9.40. The number of hydrogen-bond donors (Lipinski definition) is 2. The molecule has 0 bridgehead atoms. The Labute approximate surface area is 172 Å². The van der Waals surface area contributed by atoms with Crippen molar-refractivity contribution in [3.8, 4) is 11.3 Å². The van der Waals surface area contributed by atoms with Gasteiger partial charge in [0.25, 0.3) is 5.56 Å². The zero-order valence-corrected chi connectivity index (χ0v) is 16.6. The van der Waals surface area contributed by atoms with E-state index in [0.29, 0.717) is 5.69 Å². The summed E-state index contributed by atoms with van der Waals surface area (Å²) in [5.74, 6) is -1.37. The highest BCUT2D eigenvalue weighted by Crippen LogP contribution is 2.19. The zero-order valence-electron chi connectivity index (χ0n) is 16.6. The van der Waals surface area contributed by atoms with Gasteiger partial charge in [-0.05, 0) is 31.2 Å². The second-order valence-electron chi connectivity index (χ2n) is 6.73. The molecule has 0 aliphatic carbocycles. The molecule has 3 rings (SSSR count). The van der Waals surface area contributed by atoms with Gasteiger partial charge in [0.05, 0.1) is 5.69 Å². The van der Waals surface area contributed by atoms with Crippen LogP contribution in [0.2, 0.25) is 0 Å². The highest BCUT2D eigenvalue weighted by Gasteiger charge is 2.14. The molecule has 1 heterocycles. The van der Waals surface area contributed by atoms with Crippen LogP contribution in [0, 0.1) is 12.7 Å². The number of nitrogens with zero attached hydrogens (tertiary/aromatic N) is 2. The van der Waals surface area contributed by atoms with Gasteiger partial charge in [-0.1, -0.05) is 42.8 Å². The van der Waals surface area contributed by atoms with Gasteiger partial charge in [0.1, 0.15) is 18.0 Å². The lowest BCUT2D eigenvalue weighted by molar-refractivity contribution is -0.117. The molecule has 2 amide bonds. The summed E-state index contributed by atoms with van der Waals surface area (Å²) in [4.78, 5) is 37.0. The van der Waals surface area contributed by atoms with E-state index < -0.39 is 23.8 Å². The normalized spacial score (nSPS) is 10.5. The molecule has 0 radical (unpaired) electrons. The topological polar surface area (TPSA) is 93.1 Å². The number of rotatable bonds is 6. The van der Waals surface area contributed by atoms with Crippen LogP contribution >= 0.6 is 0 Å². The first-order valence-corrected chi connectivity index (χ1v) is 9.40. The molecule has 0 fully saturated rings. The van der Waals surface area contributed by atoms with Crippen LogP contribution in [0.25, 0.3) is 11.3 Å². The Balaban J connectivity index is 1.95. The third-order valence-electron chi connectivity index (χ3n) is 4.32. The fraction of sp³-hybridized carbons (Fsp3) is 0.182. The molecule has 0 unspecified atom stereocenters. The van der Waals surface area contributed by atoms with Gasteiger partial charge in [0.2, 0.25) is 11.8 Å². The molecule has 2 N–H and O–H groups in total. The molecule has 8 heteroatoms. The first-order chi connectivity index (χ1) is 14.4. The number of benzene rings is 2. The molecule has 0 spiro atoms. The van der Waals surface area contributed by atoms with Crippen molar-refractivity contribution in [2.75, 3.05) is 10.6 Å². The molecular weight excluding hydrogens is 387 g/mol. The van der Waals surface area contributed by atoms with Crippen LogP contribution in [0.15, 0.2) is 59.4 Å². The van der Waals surface area contributed by atoms with Crippen molar-refractivity contribution in [1.29, 1.82) is 0 Å². The summed E-state index contributed by atoms with van der Waals surface area (Å²) in [6, 6.07) is 14.4. The van der Waals surface area contributed by atoms with Gasteiger partial charge in [-0.2, -0.15) is 5.10 Å². The summed E-state index contributed by atoms with van der Waals surface area (Å²) in [5.41, 5.74) is 1.91. The maximum absolute atomic E-state index is 13.3. The Bertz CT molecular complexity index is 1140. The largest absolute Gasteiger partial charge is 0.324 e. The minimum atomic E-state index is -0.609. The quantitative estimate of drug-likeness (QED) is 0.654. The van der Waals surface area contributed by atoms with Gasteiger partial charge in [-0.15, -0.1) is 0 Å². The maximum atomic E-state index is 13.3. The predicted octanol–water partition coefficient (Wildman–Crippen LogP) is 3.35. The average molecular weight is 408 g/mol. The third kappa shape index (κ3) is 5.16. The predicted molar refractivity (Wildman–Crippen MR) is 113 cm³/mol. The van der Waals surface area contributed by atoms with Crippen molar-refractivity contribution in [3.05, 3.63) is 76.3 Å². The molecule has 0 aliphatic rings. The van der Waals surface area contributed by atoms with E-state index in [2.05, 4.69) is 15.7 Å². The van der Waals surface area contributed by atoms with E-state index >= 15 is 0 Å². The number of amides is 2. The number of anilines is 2. The second-order valence-corrected chi connectivity index (χ2v) is 6.73. The molecular formula is C22H21FN4O3. The Hall–Kier alpha value is -3.81. The molecule has 0 saturated heterocycles. The monoisotopic (exact) mass is 408 g/mol. The molecule has 1 aromatic heterocycles. The first kappa shape index (κ1) is 20.9. The average Bonchev–Trinajstić information content (AvgIpc) is 2.71. The van der Waals surface area contributed by atoms with Crippen molar-refractivity contribution in [1.82, 2.24) is 9.78 Å². The van der Waals surface area contributed by atoms with Crippen LogP contribution in [0.3, 0.4) is 0 Å². The molecule has 3 aromatic rings. The van der Waals surface area contributed by atoms with Crippen LogP contribution in [0.1, 0.15) is 18.9 Å². The molecule has 2 aromatic carbocycles. The second kappa shape index (κ2) is 9.13. The molecule has 0 aliphatic heterocycles. The number of halogens is 1. The number of nitrogens with one attached hydrogen (secondary N) is 2. The number of carbonyl (C=O) groups is 2. The molecule has 0 saturated carbocycles. The van der Waals surface area contributed by atoms with E-state index in [-0.39, 0.29) is 23.7 Å². The lowest BCUT2D eigenvalue weighted by Gasteiger charge is -2.12. The van der Waals surface area contributed by atoms with E-state index in [9.17, 15) is 18.8 Å². The smallest absolute Gasteiger partial charge is 0.291 e. The van der Waals surface area contributed by atoms with Gasteiger partial charge >= 0.3 is 0 Å². The van der Waals surface area contributed by atoms with Crippen LogP contribution in [0.5, 0.6) is 0 Å². The van der Waals surface area contributed by atoms with Gasteiger partial charge in [0.15, 0.2) is 0 Å². The van der Waals surface area contributed by atoms with E-state index in [1.54, 1.807) is 6.92 Å². The summed E-state index contributed by atoms with van der Waals surface area (Å²) < 4.78 is 14.3. The number of carbonyl (C=O) groups excluding carboxylic acids is 2. The van der Waals surface area contributed by atoms with Crippen LogP contribution in [-0.4, -0.2) is 21.6 Å². The summed E-state index contributed by atoms with van der Waals surface area (Å²) in [6.07, 6.45) is 0.196. The fourth-order valence-electron chi connectivity index (χ4n) is 2.75. The Kier molecular flexibility index (Phi) is 6.36. The molecule has 30 heavy (non-hydrogen) atoms. The van der Waals surface area contributed by atoms with Gasteiger partial charge in [-0.25, -0.2) is 9.07 Å². The minimum absolute atomic E-state index is 0.0333. The summed E-state index contributed by atoms with van der Waals surface area (Å²) in [5, 5.41) is 9.37. The van der Waals surface area contributed by atoms with Crippen LogP contribution in [0.4, 0.5) is 15.8 Å². The number of aryl methyl sites for hydroxylation is 1. The summed E-state index contributed by atoms with van der Waals surface area (Å²) >= 11 is 0. The van der Waals surface area contributed by atoms with E-state index in [4.69, 9.17) is 0 Å². The maximum Gasteiger partial charge on any atom is 0.291 e. The van der Waals surface area contributed by atoms with E-state index in [1.807, 2.05) is 31.2 Å². The lowest BCUT2D eigenvalue weighted by atomic mass is 10.1. The molecule has 7 nitrogen and oxygen atoms in total. The van der Waals surface area contributed by atoms with Crippen molar-refractivity contribution < 1.29 is 14.0 Å². The molecule has 154 valence electrons. The number of hydrogen-bond acceptors (Lipinski definition) is 4. The molecule has 0 atom stereocenters. The Morgan fingerprint density at radius 1 is 1.03 bits per heavy atom. The highest BCUT2D eigenvalue weighted by atomic mass is 19.1. The highest BCUT2D eigenvalue weighted by molar-refractivity contribution is 5.92. The van der Waals surface area contributed by atoms with Crippen molar-refractivity contribution >= 4 is 23.2 Å². The van der Waals surface area contributed by atoms with Gasteiger partial charge in [-0.3, -0.25) is 14.4 Å². The van der Waals surface area contributed by atoms with Crippen LogP contribution in [-0.2, 0) is 16.1 Å². The summed E-state index contributed by atoms with van der Waals surface area (Å²) in [7, 11) is 0. The van der Waals surface area contributed by atoms with Crippen molar-refractivity contribution in [3.63, 3.8) is 0 Å². The van der Waals surface area contributed by atoms with Gasteiger partial charge < -0.3 is 10.6 Å². The van der Waals surface area contributed by atoms with Crippen molar-refractivity contribution in [2.45, 2.75) is 26.8 Å².